The van der Waals surface area contributed by atoms with Crippen molar-refractivity contribution in [1.29, 1.82) is 0 Å². The fourth-order valence-corrected chi connectivity index (χ4v) is 4.90. The van der Waals surface area contributed by atoms with Gasteiger partial charge in [-0.25, -0.2) is 14.6 Å². The van der Waals surface area contributed by atoms with Gasteiger partial charge in [-0.2, -0.15) is 0 Å². The van der Waals surface area contributed by atoms with E-state index in [9.17, 15) is 24.6 Å². The number of aliphatic carboxylic acids is 1. The molecule has 1 heterocycles. The molecule has 244 valence electrons. The van der Waals surface area contributed by atoms with E-state index in [-0.39, 0.29) is 51.8 Å². The zero-order valence-corrected chi connectivity index (χ0v) is 28.1. The number of benzene rings is 2. The maximum atomic E-state index is 13.0. The number of carbonyl (C=O) groups excluding carboxylic acids is 1. The molecular weight excluding hydrogens is 584 g/mol. The summed E-state index contributed by atoms with van der Waals surface area (Å²) in [5.74, 6) is -1.81. The first-order valence-electron chi connectivity index (χ1n) is 15.9. The molecule has 0 aliphatic carbocycles. The fourth-order valence-electron chi connectivity index (χ4n) is 4.90. The number of carbonyl (C=O) groups is 3. The predicted octanol–water partition coefficient (Wildman–Crippen LogP) is 3.08. The third kappa shape index (κ3) is 15.8. The van der Waals surface area contributed by atoms with E-state index in [0.29, 0.717) is 29.5 Å². The van der Waals surface area contributed by atoms with E-state index in [0.717, 1.165) is 18.9 Å². The molecule has 3 aromatic rings. The third-order valence-electron chi connectivity index (χ3n) is 7.31. The molecule has 0 saturated heterocycles. The summed E-state index contributed by atoms with van der Waals surface area (Å²) < 4.78 is 6.01. The Kier molecular flexibility index (Phi) is 21.0. The number of nitrogens with zero attached hydrogens (tertiary/aromatic N) is 2. The normalized spacial score (nSPS) is 10.5. The summed E-state index contributed by atoms with van der Waals surface area (Å²) in [7, 11) is 0. The van der Waals surface area contributed by atoms with Gasteiger partial charge in [0.25, 0.3) is 5.91 Å². The molecular formula is C36H47Li2N3O6. The number of carboxylic acids is 2. The van der Waals surface area contributed by atoms with Gasteiger partial charge >= 0.3 is 49.7 Å². The fraction of sp³-hybridized carbons (Fsp3) is 0.389. The first kappa shape index (κ1) is 41.6. The quantitative estimate of drug-likeness (QED) is 0.0930. The summed E-state index contributed by atoms with van der Waals surface area (Å²) in [4.78, 5) is 41.6. The van der Waals surface area contributed by atoms with Gasteiger partial charge < -0.3 is 28.0 Å². The van der Waals surface area contributed by atoms with Crippen molar-refractivity contribution in [2.75, 3.05) is 16.8 Å². The van der Waals surface area contributed by atoms with Crippen LogP contribution in [0.4, 0.5) is 17.2 Å². The Bertz CT molecular complexity index is 1430. The van der Waals surface area contributed by atoms with Crippen LogP contribution in [0.15, 0.2) is 79.0 Å². The Hall–Kier alpha value is -3.47. The first-order chi connectivity index (χ1) is 21.9. The molecule has 0 aliphatic heterocycles. The molecule has 1 amide bonds. The molecule has 2 aromatic carbocycles. The second kappa shape index (κ2) is 23.8. The van der Waals surface area contributed by atoms with Crippen LogP contribution >= 0.6 is 0 Å². The summed E-state index contributed by atoms with van der Waals surface area (Å²) in [5, 5.41) is 21.2. The van der Waals surface area contributed by atoms with Crippen LogP contribution in [-0.4, -0.2) is 39.6 Å². The standard InChI is InChI=1S/C36H45N3O6.2Li.2H/c1-2-3-4-5-6-7-8-9-10-11-12-13-25-45-31-20-15-19-30(27-31)39(24-23-34(40)41)33-22-16-21-32(38-33)35(42)37-29-18-14-17-28(26-29)36(43)44;;;;/h14-24,26-27H,2-13,25H2,1H3,(H,37,42)(H,40,41)(H,43,44);;;;/q;2*+1;2*-1/b24-23+;;;;. The minimum Gasteiger partial charge on any atom is -1.00 e. The molecule has 11 heteroatoms. The van der Waals surface area contributed by atoms with E-state index < -0.39 is 17.8 Å². The summed E-state index contributed by atoms with van der Waals surface area (Å²) in [6, 6.07) is 18.0. The van der Waals surface area contributed by atoms with Crippen LogP contribution in [0.2, 0.25) is 0 Å². The molecule has 3 rings (SSSR count). The molecule has 0 radical (unpaired) electrons. The van der Waals surface area contributed by atoms with Crippen molar-refractivity contribution in [2.45, 2.75) is 84.0 Å². The van der Waals surface area contributed by atoms with Crippen molar-refractivity contribution in [3.63, 3.8) is 0 Å². The topological polar surface area (TPSA) is 129 Å². The number of unbranched alkanes of at least 4 members (excludes halogenated alkanes) is 11. The minimum atomic E-state index is -1.13. The van der Waals surface area contributed by atoms with Gasteiger partial charge in [0.1, 0.15) is 17.3 Å². The van der Waals surface area contributed by atoms with Crippen molar-refractivity contribution in [2.24, 2.45) is 0 Å². The Labute approximate surface area is 305 Å². The number of pyridine rings is 1. The van der Waals surface area contributed by atoms with Crippen molar-refractivity contribution in [3.05, 3.63) is 90.3 Å². The van der Waals surface area contributed by atoms with Crippen LogP contribution in [0.1, 0.15) is 108 Å². The van der Waals surface area contributed by atoms with Crippen molar-refractivity contribution in [1.82, 2.24) is 4.98 Å². The summed E-state index contributed by atoms with van der Waals surface area (Å²) in [5.41, 5.74) is 1.04. The second-order valence-electron chi connectivity index (χ2n) is 11.0. The molecule has 0 bridgehead atoms. The third-order valence-corrected chi connectivity index (χ3v) is 7.31. The van der Waals surface area contributed by atoms with Gasteiger partial charge in [0.15, 0.2) is 0 Å². The number of ether oxygens (including phenoxy) is 1. The number of aromatic carboxylic acids is 1. The Morgan fingerprint density at radius 3 is 2.06 bits per heavy atom. The van der Waals surface area contributed by atoms with E-state index in [1.54, 1.807) is 35.2 Å². The smallest absolute Gasteiger partial charge is 1.00 e. The Morgan fingerprint density at radius 1 is 0.809 bits per heavy atom. The van der Waals surface area contributed by atoms with E-state index >= 15 is 0 Å². The van der Waals surface area contributed by atoms with Gasteiger partial charge in [-0.3, -0.25) is 4.79 Å². The number of hydrogen-bond donors (Lipinski definition) is 3. The van der Waals surface area contributed by atoms with E-state index in [1.165, 1.54) is 94.7 Å². The van der Waals surface area contributed by atoms with Crippen LogP contribution < -0.4 is 52.7 Å². The SMILES string of the molecule is CCCCCCCCCCCCCCOc1cccc(N(/C=C/C(=O)O)c2cccc(C(=O)Nc3cccc(C(=O)O)c3)n2)c1.[H-].[H-].[Li+].[Li+]. The monoisotopic (exact) mass is 631 g/mol. The average molecular weight is 632 g/mol. The molecule has 0 spiro atoms. The van der Waals surface area contributed by atoms with E-state index in [4.69, 9.17) is 4.74 Å². The zero-order chi connectivity index (χ0) is 32.3. The number of hydrogen-bond acceptors (Lipinski definition) is 6. The molecule has 3 N–H and O–H groups in total. The number of aromatic nitrogens is 1. The van der Waals surface area contributed by atoms with Crippen molar-refractivity contribution >= 4 is 35.0 Å². The summed E-state index contributed by atoms with van der Waals surface area (Å²) >= 11 is 0. The van der Waals surface area contributed by atoms with Gasteiger partial charge in [-0.05, 0) is 48.9 Å². The molecule has 47 heavy (non-hydrogen) atoms. The number of nitrogens with one attached hydrogen (secondary N) is 1. The van der Waals surface area contributed by atoms with Gasteiger partial charge in [0.2, 0.25) is 0 Å². The zero-order valence-electron chi connectivity index (χ0n) is 30.1. The van der Waals surface area contributed by atoms with Gasteiger partial charge in [0.05, 0.1) is 17.9 Å². The van der Waals surface area contributed by atoms with Gasteiger partial charge in [0, 0.05) is 24.0 Å². The largest absolute Gasteiger partial charge is 1.00 e. The van der Waals surface area contributed by atoms with Gasteiger partial charge in [-0.15, -0.1) is 0 Å². The maximum Gasteiger partial charge on any atom is 1.00 e. The molecule has 9 nitrogen and oxygen atoms in total. The number of rotatable bonds is 21. The Morgan fingerprint density at radius 2 is 1.43 bits per heavy atom. The number of carboxylic acid groups (broad SMARTS) is 2. The van der Waals surface area contributed by atoms with Crippen LogP contribution in [0.5, 0.6) is 5.75 Å². The molecule has 1 aromatic heterocycles. The van der Waals surface area contributed by atoms with Gasteiger partial charge in [-0.1, -0.05) is 95.8 Å². The molecule has 0 unspecified atom stereocenters. The average Bonchev–Trinajstić information content (AvgIpc) is 3.03. The van der Waals surface area contributed by atoms with E-state index in [1.807, 2.05) is 12.1 Å². The van der Waals surface area contributed by atoms with Crippen LogP contribution in [0.3, 0.4) is 0 Å². The molecule has 0 fully saturated rings. The second-order valence-corrected chi connectivity index (χ2v) is 11.0. The first-order valence-corrected chi connectivity index (χ1v) is 15.9. The summed E-state index contributed by atoms with van der Waals surface area (Å²) in [6.45, 7) is 2.83. The van der Waals surface area contributed by atoms with E-state index in [2.05, 4.69) is 17.2 Å². The molecule has 0 atom stereocenters. The molecule has 0 saturated carbocycles. The maximum absolute atomic E-state index is 13.0. The van der Waals surface area contributed by atoms with Crippen molar-refractivity contribution < 1.29 is 69.9 Å². The van der Waals surface area contributed by atoms with Crippen molar-refractivity contribution in [3.8, 4) is 5.75 Å². The van der Waals surface area contributed by atoms with Crippen LogP contribution in [0, 0.1) is 0 Å². The summed E-state index contributed by atoms with van der Waals surface area (Å²) in [6.07, 6.45) is 17.6. The number of amides is 1. The predicted molar refractivity (Wildman–Crippen MR) is 180 cm³/mol. The minimum absolute atomic E-state index is 0. The number of anilines is 3. The van der Waals surface area contributed by atoms with Crippen LogP contribution in [0.25, 0.3) is 0 Å². The Balaban J connectivity index is 0. The molecule has 0 aliphatic rings. The van der Waals surface area contributed by atoms with Crippen LogP contribution in [-0.2, 0) is 4.79 Å².